The van der Waals surface area contributed by atoms with Crippen molar-refractivity contribution in [1.82, 2.24) is 0 Å². The number of fused-ring (bicyclic) bond motifs is 1. The van der Waals surface area contributed by atoms with E-state index in [1.807, 2.05) is 13.0 Å². The van der Waals surface area contributed by atoms with Gasteiger partial charge < -0.3 is 15.2 Å². The van der Waals surface area contributed by atoms with Crippen molar-refractivity contribution >= 4 is 11.6 Å². The van der Waals surface area contributed by atoms with Crippen LogP contribution in [0.1, 0.15) is 12.5 Å². The van der Waals surface area contributed by atoms with Crippen molar-refractivity contribution in [1.29, 1.82) is 0 Å². The van der Waals surface area contributed by atoms with Crippen molar-refractivity contribution in [3.05, 3.63) is 29.8 Å². The van der Waals surface area contributed by atoms with Gasteiger partial charge >= 0.3 is 0 Å². The molecule has 1 aromatic carbocycles. The number of ether oxygens (including phenoxy) is 1. The Morgan fingerprint density at radius 3 is 2.93 bits per heavy atom. The monoisotopic (exact) mass is 207 g/mol. The van der Waals surface area contributed by atoms with Gasteiger partial charge in [-0.15, -0.1) is 0 Å². The van der Waals surface area contributed by atoms with Crippen LogP contribution in [0.4, 0.5) is 5.69 Å². The molecule has 0 bridgehead atoms. The minimum absolute atomic E-state index is 0.00759. The lowest BCUT2D eigenvalue weighted by Crippen LogP contribution is -2.38. The molecule has 0 radical (unpaired) electrons. The molecule has 15 heavy (non-hydrogen) atoms. The number of aliphatic hydroxyl groups is 1. The maximum atomic E-state index is 11.6. The third kappa shape index (κ3) is 1.52. The fourth-order valence-electron chi connectivity index (χ4n) is 1.69. The molecule has 4 nitrogen and oxygen atoms in total. The molecule has 1 aromatic rings. The molecular formula is C11H13NO3. The minimum atomic E-state index is -1.54. The van der Waals surface area contributed by atoms with Crippen LogP contribution in [-0.4, -0.2) is 24.2 Å². The van der Waals surface area contributed by atoms with E-state index in [-0.39, 0.29) is 6.61 Å². The van der Waals surface area contributed by atoms with E-state index in [0.717, 1.165) is 0 Å². The molecule has 1 amide bonds. The van der Waals surface area contributed by atoms with Crippen molar-refractivity contribution in [2.45, 2.75) is 12.5 Å². The van der Waals surface area contributed by atoms with Gasteiger partial charge in [-0.1, -0.05) is 18.2 Å². The quantitative estimate of drug-likeness (QED) is 0.773. The standard InChI is InChI=1S/C11H13NO3/c1-2-15-7-11(14)8-5-3-4-6-9(8)12-10(11)13/h3-6,14H,2,7H2,1H3,(H,12,13). The van der Waals surface area contributed by atoms with Gasteiger partial charge in [0.15, 0.2) is 5.60 Å². The van der Waals surface area contributed by atoms with Crippen molar-refractivity contribution in [3.63, 3.8) is 0 Å². The average molecular weight is 207 g/mol. The van der Waals surface area contributed by atoms with Crippen LogP contribution in [0, 0.1) is 0 Å². The lowest BCUT2D eigenvalue weighted by atomic mass is 9.96. The number of rotatable bonds is 3. The van der Waals surface area contributed by atoms with Crippen LogP contribution in [0.2, 0.25) is 0 Å². The Labute approximate surface area is 87.9 Å². The summed E-state index contributed by atoms with van der Waals surface area (Å²) in [5, 5.41) is 12.8. The van der Waals surface area contributed by atoms with Crippen LogP contribution in [0.5, 0.6) is 0 Å². The van der Waals surface area contributed by atoms with Gasteiger partial charge in [-0.3, -0.25) is 4.79 Å². The van der Waals surface area contributed by atoms with Crippen LogP contribution in [-0.2, 0) is 15.1 Å². The van der Waals surface area contributed by atoms with Crippen molar-refractivity contribution in [2.75, 3.05) is 18.5 Å². The topological polar surface area (TPSA) is 58.6 Å². The molecule has 0 saturated heterocycles. The number of amides is 1. The molecule has 1 heterocycles. The van der Waals surface area contributed by atoms with E-state index in [0.29, 0.717) is 17.9 Å². The van der Waals surface area contributed by atoms with Crippen molar-refractivity contribution < 1.29 is 14.6 Å². The fraction of sp³-hybridized carbons (Fsp3) is 0.364. The molecule has 0 fully saturated rings. The zero-order valence-electron chi connectivity index (χ0n) is 8.49. The van der Waals surface area contributed by atoms with Crippen molar-refractivity contribution in [3.8, 4) is 0 Å². The molecule has 1 aliphatic rings. The summed E-state index contributed by atoms with van der Waals surface area (Å²) in [5.74, 6) is -0.419. The second-order valence-corrected chi connectivity index (χ2v) is 3.50. The predicted octanol–water partition coefficient (Wildman–Crippen LogP) is 0.863. The van der Waals surface area contributed by atoms with Crippen molar-refractivity contribution in [2.24, 2.45) is 0 Å². The lowest BCUT2D eigenvalue weighted by molar-refractivity contribution is -0.140. The molecule has 2 N–H and O–H groups in total. The Bertz CT molecular complexity index is 391. The lowest BCUT2D eigenvalue weighted by Gasteiger charge is -2.19. The summed E-state index contributed by atoms with van der Waals surface area (Å²) in [4.78, 5) is 11.6. The van der Waals surface area contributed by atoms with Gasteiger partial charge in [0.1, 0.15) is 0 Å². The maximum Gasteiger partial charge on any atom is 0.263 e. The molecular weight excluding hydrogens is 194 g/mol. The summed E-state index contributed by atoms with van der Waals surface area (Å²) in [6.07, 6.45) is 0. The molecule has 0 aliphatic carbocycles. The van der Waals surface area contributed by atoms with Gasteiger partial charge in [0.2, 0.25) is 0 Å². The van der Waals surface area contributed by atoms with Gasteiger partial charge in [-0.05, 0) is 13.0 Å². The molecule has 1 aliphatic heterocycles. The van der Waals surface area contributed by atoms with Crippen LogP contribution < -0.4 is 5.32 Å². The number of carbonyl (C=O) groups excluding carboxylic acids is 1. The van der Waals surface area contributed by atoms with E-state index in [9.17, 15) is 9.90 Å². The van der Waals surface area contributed by atoms with Gasteiger partial charge in [0, 0.05) is 17.9 Å². The summed E-state index contributed by atoms with van der Waals surface area (Å²) >= 11 is 0. The minimum Gasteiger partial charge on any atom is -0.378 e. The van der Waals surface area contributed by atoms with E-state index < -0.39 is 11.5 Å². The summed E-state index contributed by atoms with van der Waals surface area (Å²) in [6.45, 7) is 2.28. The van der Waals surface area contributed by atoms with Gasteiger partial charge in [0.25, 0.3) is 5.91 Å². The SMILES string of the molecule is CCOCC1(O)C(=O)Nc2ccccc21. The Morgan fingerprint density at radius 2 is 2.20 bits per heavy atom. The van der Waals surface area contributed by atoms with Crippen LogP contribution in [0.25, 0.3) is 0 Å². The first-order chi connectivity index (χ1) is 7.18. The second kappa shape index (κ2) is 3.64. The zero-order valence-corrected chi connectivity index (χ0v) is 8.49. The summed E-state index contributed by atoms with van der Waals surface area (Å²) in [6, 6.07) is 7.09. The summed E-state index contributed by atoms with van der Waals surface area (Å²) < 4.78 is 5.14. The predicted molar refractivity (Wildman–Crippen MR) is 55.5 cm³/mol. The van der Waals surface area contributed by atoms with Crippen LogP contribution in [0.15, 0.2) is 24.3 Å². The smallest absolute Gasteiger partial charge is 0.263 e. The third-order valence-corrected chi connectivity index (χ3v) is 2.51. The molecule has 0 saturated carbocycles. The van der Waals surface area contributed by atoms with Crippen LogP contribution in [0.3, 0.4) is 0 Å². The molecule has 0 aromatic heterocycles. The Hall–Kier alpha value is -1.39. The van der Waals surface area contributed by atoms with E-state index in [2.05, 4.69) is 5.32 Å². The molecule has 4 heteroatoms. The highest BCUT2D eigenvalue weighted by Crippen LogP contribution is 2.35. The molecule has 0 spiro atoms. The number of nitrogens with one attached hydrogen (secondary N) is 1. The van der Waals surface area contributed by atoms with Gasteiger partial charge in [-0.2, -0.15) is 0 Å². The first kappa shape index (κ1) is 10.1. The third-order valence-electron chi connectivity index (χ3n) is 2.51. The average Bonchev–Trinajstić information content (AvgIpc) is 2.50. The number of benzene rings is 1. The number of carbonyl (C=O) groups is 1. The maximum absolute atomic E-state index is 11.6. The largest absolute Gasteiger partial charge is 0.378 e. The van der Waals surface area contributed by atoms with E-state index in [4.69, 9.17) is 4.74 Å². The number of anilines is 1. The van der Waals surface area contributed by atoms with Crippen LogP contribution >= 0.6 is 0 Å². The first-order valence-corrected chi connectivity index (χ1v) is 4.89. The number of hydrogen-bond acceptors (Lipinski definition) is 3. The highest BCUT2D eigenvalue weighted by Gasteiger charge is 2.45. The highest BCUT2D eigenvalue weighted by molar-refractivity contribution is 6.04. The highest BCUT2D eigenvalue weighted by atomic mass is 16.5. The zero-order chi connectivity index (χ0) is 10.9. The number of hydrogen-bond donors (Lipinski definition) is 2. The summed E-state index contributed by atoms with van der Waals surface area (Å²) in [7, 11) is 0. The molecule has 1 atom stereocenters. The summed E-state index contributed by atoms with van der Waals surface area (Å²) in [5.41, 5.74) is -0.291. The van der Waals surface area contributed by atoms with E-state index in [1.54, 1.807) is 18.2 Å². The molecule has 2 rings (SSSR count). The van der Waals surface area contributed by atoms with Gasteiger partial charge in [-0.25, -0.2) is 0 Å². The second-order valence-electron chi connectivity index (χ2n) is 3.50. The van der Waals surface area contributed by atoms with E-state index >= 15 is 0 Å². The molecule has 1 unspecified atom stereocenters. The Morgan fingerprint density at radius 1 is 1.47 bits per heavy atom. The normalized spacial score (nSPS) is 23.7. The van der Waals surface area contributed by atoms with Gasteiger partial charge in [0.05, 0.1) is 6.61 Å². The van der Waals surface area contributed by atoms with E-state index in [1.165, 1.54) is 0 Å². The molecule has 80 valence electrons. The Balaban J connectivity index is 2.36. The fourth-order valence-corrected chi connectivity index (χ4v) is 1.69. The number of para-hydroxylation sites is 1. The Kier molecular flexibility index (Phi) is 2.46. The first-order valence-electron chi connectivity index (χ1n) is 4.89.